The van der Waals surface area contributed by atoms with Gasteiger partial charge in [0.25, 0.3) is 0 Å². The van der Waals surface area contributed by atoms with Crippen LogP contribution < -0.4 is 5.32 Å². The first kappa shape index (κ1) is 14.8. The number of hydrogen-bond donors (Lipinski definition) is 2. The van der Waals surface area contributed by atoms with E-state index in [0.717, 1.165) is 25.7 Å². The number of carboxylic acids is 1. The number of hydrogen-bond acceptors (Lipinski definition) is 4. The maximum atomic E-state index is 11.9. The van der Waals surface area contributed by atoms with E-state index in [4.69, 9.17) is 5.26 Å². The predicted molar refractivity (Wildman–Crippen MR) is 71.7 cm³/mol. The highest BCUT2D eigenvalue weighted by molar-refractivity contribution is 5.80. The number of carboxylic acid groups (broad SMARTS) is 1. The van der Waals surface area contributed by atoms with Gasteiger partial charge < -0.3 is 10.4 Å². The van der Waals surface area contributed by atoms with Crippen molar-refractivity contribution in [3.8, 4) is 6.07 Å². The highest BCUT2D eigenvalue weighted by atomic mass is 16.4. The lowest BCUT2D eigenvalue weighted by molar-refractivity contribution is -0.143. The zero-order valence-electron chi connectivity index (χ0n) is 11.5. The van der Waals surface area contributed by atoms with E-state index >= 15 is 0 Å². The summed E-state index contributed by atoms with van der Waals surface area (Å²) < 4.78 is 0. The van der Waals surface area contributed by atoms with Crippen LogP contribution in [-0.2, 0) is 9.59 Å². The lowest BCUT2D eigenvalue weighted by atomic mass is 9.85. The molecule has 0 aromatic heterocycles. The summed E-state index contributed by atoms with van der Waals surface area (Å²) in [5.74, 6) is -0.598. The Bertz CT molecular complexity index is 418. The van der Waals surface area contributed by atoms with E-state index in [0.29, 0.717) is 18.9 Å². The molecule has 0 radical (unpaired) electrons. The molecule has 0 spiro atoms. The standard InChI is InChI=1S/C14H21N3O3/c15-6-3-7-16-13(18)9-17-11-5-2-1-4-10(11)8-12(17)14(19)20/h10-12H,1-5,7-9H2,(H,16,18)(H,19,20). The largest absolute Gasteiger partial charge is 0.480 e. The molecule has 6 heteroatoms. The molecule has 0 aromatic carbocycles. The fourth-order valence-electron chi connectivity index (χ4n) is 3.50. The summed E-state index contributed by atoms with van der Waals surface area (Å²) in [5.41, 5.74) is 0. The molecule has 1 saturated carbocycles. The van der Waals surface area contributed by atoms with Crippen molar-refractivity contribution in [2.45, 2.75) is 50.6 Å². The molecule has 1 heterocycles. The minimum absolute atomic E-state index is 0.129. The number of nitrogens with one attached hydrogen (secondary N) is 1. The van der Waals surface area contributed by atoms with Gasteiger partial charge in [-0.25, -0.2) is 0 Å². The van der Waals surface area contributed by atoms with Crippen molar-refractivity contribution in [3.05, 3.63) is 0 Å². The Balaban J connectivity index is 1.96. The Labute approximate surface area is 118 Å². The maximum Gasteiger partial charge on any atom is 0.320 e. The monoisotopic (exact) mass is 279 g/mol. The number of carbonyl (C=O) groups is 2. The number of nitriles is 1. The molecular weight excluding hydrogens is 258 g/mol. The summed E-state index contributed by atoms with van der Waals surface area (Å²) in [6.45, 7) is 0.457. The van der Waals surface area contributed by atoms with Crippen LogP contribution in [0.25, 0.3) is 0 Å². The van der Waals surface area contributed by atoms with Gasteiger partial charge in [-0.3, -0.25) is 14.5 Å². The quantitative estimate of drug-likeness (QED) is 0.724. The van der Waals surface area contributed by atoms with E-state index in [1.165, 1.54) is 0 Å². The van der Waals surface area contributed by atoms with Crippen LogP contribution in [-0.4, -0.2) is 47.1 Å². The van der Waals surface area contributed by atoms with Crippen LogP contribution in [0.4, 0.5) is 0 Å². The summed E-state index contributed by atoms with van der Waals surface area (Å²) in [5, 5.41) is 20.5. The van der Waals surface area contributed by atoms with Crippen molar-refractivity contribution in [2.75, 3.05) is 13.1 Å². The zero-order chi connectivity index (χ0) is 14.5. The number of fused-ring (bicyclic) bond motifs is 1. The molecule has 6 nitrogen and oxygen atoms in total. The normalized spacial score (nSPS) is 29.4. The van der Waals surface area contributed by atoms with Crippen LogP contribution in [0.2, 0.25) is 0 Å². The van der Waals surface area contributed by atoms with Gasteiger partial charge in [-0.15, -0.1) is 0 Å². The van der Waals surface area contributed by atoms with Crippen molar-refractivity contribution in [3.63, 3.8) is 0 Å². The molecule has 3 atom stereocenters. The Morgan fingerprint density at radius 2 is 2.10 bits per heavy atom. The Kier molecular flexibility index (Phi) is 4.96. The minimum atomic E-state index is -0.829. The average molecular weight is 279 g/mol. The van der Waals surface area contributed by atoms with E-state index in [9.17, 15) is 14.7 Å². The van der Waals surface area contributed by atoms with Gasteiger partial charge in [0, 0.05) is 12.6 Å². The van der Waals surface area contributed by atoms with Gasteiger partial charge in [0.1, 0.15) is 6.04 Å². The Hall–Kier alpha value is -1.61. The molecule has 2 fully saturated rings. The average Bonchev–Trinajstić information content (AvgIpc) is 2.78. The topological polar surface area (TPSA) is 93.4 Å². The van der Waals surface area contributed by atoms with Crippen molar-refractivity contribution in [1.29, 1.82) is 5.26 Å². The van der Waals surface area contributed by atoms with E-state index in [1.54, 1.807) is 0 Å². The highest BCUT2D eigenvalue weighted by Gasteiger charge is 2.45. The third kappa shape index (κ3) is 3.28. The summed E-state index contributed by atoms with van der Waals surface area (Å²) >= 11 is 0. The second-order valence-electron chi connectivity index (χ2n) is 5.63. The second kappa shape index (κ2) is 6.71. The van der Waals surface area contributed by atoms with E-state index in [-0.39, 0.29) is 24.9 Å². The summed E-state index contributed by atoms with van der Waals surface area (Å²) in [6.07, 6.45) is 5.27. The van der Waals surface area contributed by atoms with Crippen LogP contribution in [0.15, 0.2) is 0 Å². The molecule has 2 aliphatic rings. The van der Waals surface area contributed by atoms with Crippen LogP contribution >= 0.6 is 0 Å². The second-order valence-corrected chi connectivity index (χ2v) is 5.63. The first-order chi connectivity index (χ1) is 9.63. The summed E-state index contributed by atoms with van der Waals surface area (Å²) in [7, 11) is 0. The fraction of sp³-hybridized carbons (Fsp3) is 0.786. The first-order valence-corrected chi connectivity index (χ1v) is 7.25. The fourth-order valence-corrected chi connectivity index (χ4v) is 3.50. The maximum absolute atomic E-state index is 11.9. The van der Waals surface area contributed by atoms with Gasteiger partial charge in [-0.05, 0) is 25.2 Å². The number of amides is 1. The highest BCUT2D eigenvalue weighted by Crippen LogP contribution is 2.39. The van der Waals surface area contributed by atoms with Crippen LogP contribution in [0, 0.1) is 17.2 Å². The molecule has 2 N–H and O–H groups in total. The Morgan fingerprint density at radius 3 is 2.80 bits per heavy atom. The van der Waals surface area contributed by atoms with Crippen LogP contribution in [0.3, 0.4) is 0 Å². The number of nitrogens with zero attached hydrogens (tertiary/aromatic N) is 2. The van der Waals surface area contributed by atoms with Gasteiger partial charge >= 0.3 is 5.97 Å². The van der Waals surface area contributed by atoms with Crippen molar-refractivity contribution >= 4 is 11.9 Å². The number of rotatable bonds is 5. The van der Waals surface area contributed by atoms with Crippen molar-refractivity contribution < 1.29 is 14.7 Å². The van der Waals surface area contributed by atoms with E-state index in [2.05, 4.69) is 5.32 Å². The molecule has 110 valence electrons. The third-order valence-corrected chi connectivity index (χ3v) is 4.39. The number of likely N-dealkylation sites (tertiary alicyclic amines) is 1. The van der Waals surface area contributed by atoms with E-state index < -0.39 is 12.0 Å². The lowest BCUT2D eigenvalue weighted by Gasteiger charge is -2.32. The van der Waals surface area contributed by atoms with Gasteiger partial charge in [-0.1, -0.05) is 12.8 Å². The number of aliphatic carboxylic acids is 1. The smallest absolute Gasteiger partial charge is 0.320 e. The van der Waals surface area contributed by atoms with E-state index in [1.807, 2.05) is 11.0 Å². The predicted octanol–water partition coefficient (Wildman–Crippen LogP) is 0.734. The molecule has 1 saturated heterocycles. The molecule has 3 unspecified atom stereocenters. The Morgan fingerprint density at radius 1 is 1.35 bits per heavy atom. The zero-order valence-corrected chi connectivity index (χ0v) is 11.5. The lowest BCUT2D eigenvalue weighted by Crippen LogP contribution is -2.47. The van der Waals surface area contributed by atoms with Crippen molar-refractivity contribution in [1.82, 2.24) is 10.2 Å². The van der Waals surface area contributed by atoms with Gasteiger partial charge in [-0.2, -0.15) is 5.26 Å². The SMILES string of the molecule is N#CCCNC(=O)CN1C(C(=O)O)CC2CCCCC21. The molecule has 2 rings (SSSR count). The van der Waals surface area contributed by atoms with Gasteiger partial charge in [0.2, 0.25) is 5.91 Å². The molecule has 1 aliphatic heterocycles. The number of carbonyl (C=O) groups excluding carboxylic acids is 1. The third-order valence-electron chi connectivity index (χ3n) is 4.39. The molecule has 0 bridgehead atoms. The van der Waals surface area contributed by atoms with Crippen LogP contribution in [0.1, 0.15) is 38.5 Å². The summed E-state index contributed by atoms with van der Waals surface area (Å²) in [6, 6.07) is 1.66. The van der Waals surface area contributed by atoms with Crippen molar-refractivity contribution in [2.24, 2.45) is 5.92 Å². The van der Waals surface area contributed by atoms with Crippen LogP contribution in [0.5, 0.6) is 0 Å². The molecule has 0 aromatic rings. The molecule has 20 heavy (non-hydrogen) atoms. The minimum Gasteiger partial charge on any atom is -0.480 e. The first-order valence-electron chi connectivity index (χ1n) is 7.25. The van der Waals surface area contributed by atoms with Gasteiger partial charge in [0.15, 0.2) is 0 Å². The molecule has 1 amide bonds. The molecule has 1 aliphatic carbocycles. The van der Waals surface area contributed by atoms with Gasteiger partial charge in [0.05, 0.1) is 19.0 Å². The summed E-state index contributed by atoms with van der Waals surface area (Å²) in [4.78, 5) is 25.1. The molecular formula is C14H21N3O3.